The zero-order valence-corrected chi connectivity index (χ0v) is 18.2. The minimum atomic E-state index is -5.23. The third-order valence-corrected chi connectivity index (χ3v) is 5.90. The zero-order chi connectivity index (χ0) is 25.0. The van der Waals surface area contributed by atoms with Crippen LogP contribution in [0.3, 0.4) is 0 Å². The van der Waals surface area contributed by atoms with E-state index in [4.69, 9.17) is 17.3 Å². The van der Waals surface area contributed by atoms with Crippen LogP contribution in [-0.4, -0.2) is 32.4 Å². The Labute approximate surface area is 193 Å². The summed E-state index contributed by atoms with van der Waals surface area (Å²) in [6.07, 6.45) is -10.2. The molecule has 0 fully saturated rings. The Balaban J connectivity index is 1.88. The molecule has 0 spiro atoms. The molecule has 1 unspecified atom stereocenters. The molecule has 34 heavy (non-hydrogen) atoms. The quantitative estimate of drug-likeness (QED) is 0.501. The van der Waals surface area contributed by atoms with E-state index in [1.807, 2.05) is 0 Å². The first-order valence-electron chi connectivity index (χ1n) is 10.0. The van der Waals surface area contributed by atoms with Crippen LogP contribution in [-0.2, 0) is 23.6 Å². The number of nitrogens with two attached hydrogens (primary N) is 1. The predicted octanol–water partition coefficient (Wildman–Crippen LogP) is 4.66. The van der Waals surface area contributed by atoms with Gasteiger partial charge in [-0.25, -0.2) is 4.98 Å². The summed E-state index contributed by atoms with van der Waals surface area (Å²) >= 11 is 6.10. The van der Waals surface area contributed by atoms with Gasteiger partial charge in [0.15, 0.2) is 0 Å². The van der Waals surface area contributed by atoms with Crippen LogP contribution in [0.5, 0.6) is 0 Å². The average molecular weight is 507 g/mol. The molecule has 3 aromatic rings. The van der Waals surface area contributed by atoms with E-state index < -0.39 is 47.8 Å². The Kier molecular flexibility index (Phi) is 5.86. The summed E-state index contributed by atoms with van der Waals surface area (Å²) in [6, 6.07) is 4.20. The molecule has 7 nitrogen and oxygen atoms in total. The van der Waals surface area contributed by atoms with E-state index in [0.29, 0.717) is 16.2 Å². The average Bonchev–Trinajstić information content (AvgIpc) is 3.10. The molecule has 0 bridgehead atoms. The molecule has 14 heteroatoms. The molecule has 2 aromatic heterocycles. The summed E-state index contributed by atoms with van der Waals surface area (Å²) in [5.41, 5.74) is 7.37. The highest BCUT2D eigenvalue weighted by Gasteiger charge is 2.43. The van der Waals surface area contributed by atoms with Crippen molar-refractivity contribution < 1.29 is 31.1 Å². The smallest absolute Gasteiger partial charge is 0.369 e. The fraction of sp³-hybridized carbons (Fsp3) is 0.400. The third kappa shape index (κ3) is 4.48. The van der Waals surface area contributed by atoms with Crippen molar-refractivity contribution in [3.8, 4) is 0 Å². The van der Waals surface area contributed by atoms with Crippen molar-refractivity contribution in [1.29, 1.82) is 0 Å². The highest BCUT2D eigenvalue weighted by atomic mass is 35.5. The van der Waals surface area contributed by atoms with Gasteiger partial charge in [0.05, 0.1) is 6.04 Å². The van der Waals surface area contributed by atoms with Gasteiger partial charge in [0.2, 0.25) is 23.5 Å². The normalized spacial score (nSPS) is 17.6. The van der Waals surface area contributed by atoms with Crippen LogP contribution in [0.25, 0.3) is 10.9 Å². The second-order valence-corrected chi connectivity index (χ2v) is 8.42. The number of anilines is 1. The van der Waals surface area contributed by atoms with Gasteiger partial charge >= 0.3 is 12.4 Å². The van der Waals surface area contributed by atoms with Crippen molar-refractivity contribution >= 4 is 34.4 Å². The maximum Gasteiger partial charge on any atom is 0.451 e. The van der Waals surface area contributed by atoms with Crippen molar-refractivity contribution in [3.05, 3.63) is 46.1 Å². The number of alkyl halides is 6. The molecule has 1 amide bonds. The molecule has 1 aliphatic rings. The van der Waals surface area contributed by atoms with Gasteiger partial charge in [0, 0.05) is 34.1 Å². The summed E-state index contributed by atoms with van der Waals surface area (Å²) < 4.78 is 79.9. The van der Waals surface area contributed by atoms with E-state index in [-0.39, 0.29) is 19.4 Å². The Morgan fingerprint density at radius 2 is 1.79 bits per heavy atom. The molecule has 3 heterocycles. The number of primary amides is 1. The van der Waals surface area contributed by atoms with E-state index >= 15 is 0 Å². The number of rotatable bonds is 4. The van der Waals surface area contributed by atoms with Gasteiger partial charge in [-0.2, -0.15) is 36.3 Å². The van der Waals surface area contributed by atoms with Gasteiger partial charge in [-0.15, -0.1) is 0 Å². The standard InChI is InChI=1S/C20H17ClF6N6O/c1-8(15(28)34)6-13-14-10(11-7-9(21)2-3-12(11)29-14)4-5-33(13)18-31-16(19(22,23)24)30-17(32-18)20(25,26)27/h2-3,7-8,13,29H,4-6H2,1H3,(H2,28,34)/t8-,13?/m0/s1. The van der Waals surface area contributed by atoms with Crippen LogP contribution in [0.2, 0.25) is 5.02 Å². The number of carbonyl (C=O) groups is 1. The fourth-order valence-corrected chi connectivity index (χ4v) is 4.19. The number of amides is 1. The highest BCUT2D eigenvalue weighted by molar-refractivity contribution is 6.31. The summed E-state index contributed by atoms with van der Waals surface area (Å²) in [6.45, 7) is 1.51. The lowest BCUT2D eigenvalue weighted by Crippen LogP contribution is -2.39. The lowest BCUT2D eigenvalue weighted by atomic mass is 9.91. The van der Waals surface area contributed by atoms with Gasteiger partial charge in [-0.05, 0) is 36.6 Å². The van der Waals surface area contributed by atoms with E-state index in [2.05, 4.69) is 19.9 Å². The molecule has 3 N–H and O–H groups in total. The van der Waals surface area contributed by atoms with Gasteiger partial charge in [-0.1, -0.05) is 18.5 Å². The van der Waals surface area contributed by atoms with Crippen molar-refractivity contribution in [2.24, 2.45) is 11.7 Å². The minimum Gasteiger partial charge on any atom is -0.369 e. The Morgan fingerprint density at radius 1 is 1.18 bits per heavy atom. The van der Waals surface area contributed by atoms with Gasteiger partial charge in [-0.3, -0.25) is 4.79 Å². The number of hydrogen-bond acceptors (Lipinski definition) is 5. The molecule has 0 radical (unpaired) electrons. The molecule has 2 atom stereocenters. The van der Waals surface area contributed by atoms with Gasteiger partial charge in [0.1, 0.15) is 0 Å². The first-order valence-corrected chi connectivity index (χ1v) is 10.4. The summed E-state index contributed by atoms with van der Waals surface area (Å²) in [5.74, 6) is -6.13. The second kappa shape index (κ2) is 8.29. The number of hydrogen-bond donors (Lipinski definition) is 2. The summed E-state index contributed by atoms with van der Waals surface area (Å²) in [4.78, 5) is 25.3. The van der Waals surface area contributed by atoms with Crippen LogP contribution in [0.4, 0.5) is 32.3 Å². The highest BCUT2D eigenvalue weighted by Crippen LogP contribution is 2.41. The van der Waals surface area contributed by atoms with Crippen molar-refractivity contribution in [2.45, 2.75) is 38.2 Å². The number of fused-ring (bicyclic) bond motifs is 3. The van der Waals surface area contributed by atoms with Crippen molar-refractivity contribution in [2.75, 3.05) is 11.4 Å². The van der Waals surface area contributed by atoms with Crippen molar-refractivity contribution in [1.82, 2.24) is 19.9 Å². The summed E-state index contributed by atoms with van der Waals surface area (Å²) in [7, 11) is 0. The number of carbonyl (C=O) groups excluding carboxylic acids is 1. The summed E-state index contributed by atoms with van der Waals surface area (Å²) in [5, 5.41) is 1.22. The van der Waals surface area contributed by atoms with E-state index in [9.17, 15) is 31.1 Å². The molecule has 0 saturated carbocycles. The Morgan fingerprint density at radius 3 is 2.35 bits per heavy atom. The molecule has 1 aromatic carbocycles. The number of nitrogens with one attached hydrogen (secondary N) is 1. The number of aromatic amines is 1. The first kappa shape index (κ1) is 24.0. The van der Waals surface area contributed by atoms with Crippen LogP contribution in [0, 0.1) is 5.92 Å². The number of nitrogens with zero attached hydrogens (tertiary/aromatic N) is 4. The molecular weight excluding hydrogens is 490 g/mol. The van der Waals surface area contributed by atoms with Crippen LogP contribution >= 0.6 is 11.6 Å². The second-order valence-electron chi connectivity index (χ2n) is 7.98. The minimum absolute atomic E-state index is 0.00271. The molecule has 182 valence electrons. The molecule has 0 saturated heterocycles. The number of halogens is 7. The zero-order valence-electron chi connectivity index (χ0n) is 17.4. The predicted molar refractivity (Wildman–Crippen MR) is 110 cm³/mol. The van der Waals surface area contributed by atoms with Gasteiger partial charge < -0.3 is 15.6 Å². The SMILES string of the molecule is C[C@@H](CC1c2[nH]c3ccc(Cl)cc3c2CCN1c1nc(C(F)(F)F)nc(C(F)(F)F)n1)C(N)=O. The van der Waals surface area contributed by atoms with E-state index in [0.717, 1.165) is 10.9 Å². The molecular formula is C20H17ClF6N6O. The monoisotopic (exact) mass is 506 g/mol. The first-order chi connectivity index (χ1) is 15.8. The number of H-pyrrole nitrogens is 1. The maximum absolute atomic E-state index is 13.3. The van der Waals surface area contributed by atoms with Crippen LogP contribution in [0.1, 0.15) is 42.3 Å². The van der Waals surface area contributed by atoms with Crippen LogP contribution < -0.4 is 10.6 Å². The van der Waals surface area contributed by atoms with E-state index in [1.165, 1.54) is 11.8 Å². The lowest BCUT2D eigenvalue weighted by Gasteiger charge is -2.37. The van der Waals surface area contributed by atoms with Gasteiger partial charge in [0.25, 0.3) is 0 Å². The number of benzene rings is 1. The maximum atomic E-state index is 13.3. The van der Waals surface area contributed by atoms with E-state index in [1.54, 1.807) is 18.2 Å². The molecule has 0 aliphatic carbocycles. The Bertz CT molecular complexity index is 1220. The van der Waals surface area contributed by atoms with Crippen LogP contribution in [0.15, 0.2) is 18.2 Å². The topological polar surface area (TPSA) is 101 Å². The molecule has 1 aliphatic heterocycles. The Hall–Kier alpha value is -3.09. The number of aromatic nitrogens is 4. The lowest BCUT2D eigenvalue weighted by molar-refractivity contribution is -0.155. The third-order valence-electron chi connectivity index (χ3n) is 5.66. The fourth-order valence-electron chi connectivity index (χ4n) is 4.02. The largest absolute Gasteiger partial charge is 0.451 e. The molecule has 4 rings (SSSR count). The van der Waals surface area contributed by atoms with Crippen molar-refractivity contribution in [3.63, 3.8) is 0 Å².